The molecule has 1 unspecified atom stereocenters. The van der Waals surface area contributed by atoms with Crippen molar-refractivity contribution in [2.75, 3.05) is 5.73 Å². The van der Waals surface area contributed by atoms with Gasteiger partial charge in [0.1, 0.15) is 22.7 Å². The molecule has 2 aromatic heterocycles. The van der Waals surface area contributed by atoms with Crippen molar-refractivity contribution in [3.63, 3.8) is 0 Å². The first-order valence-electron chi connectivity index (χ1n) is 7.41. The number of anilines is 1. The van der Waals surface area contributed by atoms with Crippen LogP contribution < -0.4 is 5.73 Å². The van der Waals surface area contributed by atoms with Gasteiger partial charge in [-0.2, -0.15) is 0 Å². The van der Waals surface area contributed by atoms with Crippen molar-refractivity contribution >= 4 is 38.9 Å². The number of nitrogens with zero attached hydrogens (tertiary/aromatic N) is 2. The highest BCUT2D eigenvalue weighted by atomic mass is 35.5. The third kappa shape index (κ3) is 3.87. The number of nitrogens with two attached hydrogens (primary N) is 1. The quantitative estimate of drug-likeness (QED) is 0.671. The van der Waals surface area contributed by atoms with Gasteiger partial charge >= 0.3 is 0 Å². The van der Waals surface area contributed by atoms with E-state index >= 15 is 0 Å². The summed E-state index contributed by atoms with van der Waals surface area (Å²) in [5.74, 6) is -1.77. The Bertz CT molecular complexity index is 1060. The Hall–Kier alpha value is -2.29. The lowest BCUT2D eigenvalue weighted by Crippen LogP contribution is -2.19. The van der Waals surface area contributed by atoms with Crippen LogP contribution in [0.15, 0.2) is 53.8 Å². The molecule has 2 N–H and O–H groups in total. The second-order valence-corrected chi connectivity index (χ2v) is 8.36. The summed E-state index contributed by atoms with van der Waals surface area (Å²) in [6.07, 6.45) is 2.27. The number of nitrogen functional groups attached to an aromatic ring is 1. The molecule has 0 fully saturated rings. The Kier molecular flexibility index (Phi) is 5.32. The lowest BCUT2D eigenvalue weighted by atomic mass is 10.0. The third-order valence-corrected chi connectivity index (χ3v) is 6.22. The van der Waals surface area contributed by atoms with Crippen molar-refractivity contribution < 1.29 is 17.2 Å². The fraction of sp³-hybridized carbons (Fsp3) is 0.0588. The van der Waals surface area contributed by atoms with Gasteiger partial charge in [0.2, 0.25) is 9.84 Å². The van der Waals surface area contributed by atoms with Crippen LogP contribution in [0.4, 0.5) is 14.6 Å². The predicted molar refractivity (Wildman–Crippen MR) is 98.3 cm³/mol. The summed E-state index contributed by atoms with van der Waals surface area (Å²) >= 11 is 11.9. The van der Waals surface area contributed by atoms with Gasteiger partial charge in [0, 0.05) is 18.0 Å². The van der Waals surface area contributed by atoms with E-state index < -0.39 is 32.3 Å². The molecule has 5 nitrogen and oxygen atoms in total. The number of benzene rings is 1. The summed E-state index contributed by atoms with van der Waals surface area (Å²) in [7, 11) is -4.35. The molecule has 0 amide bonds. The van der Waals surface area contributed by atoms with E-state index in [-0.39, 0.29) is 26.5 Å². The van der Waals surface area contributed by atoms with Gasteiger partial charge in [0.25, 0.3) is 0 Å². The van der Waals surface area contributed by atoms with Crippen LogP contribution in [0.3, 0.4) is 0 Å². The molecule has 0 spiro atoms. The maximum absolute atomic E-state index is 14.5. The first kappa shape index (κ1) is 19.5. The van der Waals surface area contributed by atoms with Crippen molar-refractivity contribution in [1.82, 2.24) is 9.97 Å². The fourth-order valence-corrected chi connectivity index (χ4v) is 4.67. The van der Waals surface area contributed by atoms with Crippen molar-refractivity contribution in [2.24, 2.45) is 0 Å². The van der Waals surface area contributed by atoms with Crippen LogP contribution in [0.25, 0.3) is 0 Å². The number of aromatic nitrogens is 2. The lowest BCUT2D eigenvalue weighted by Gasteiger charge is -2.20. The number of hydrogen-bond donors (Lipinski definition) is 1. The van der Waals surface area contributed by atoms with Crippen LogP contribution in [0, 0.1) is 11.6 Å². The Morgan fingerprint density at radius 1 is 0.963 bits per heavy atom. The molecular weight excluding hydrogens is 419 g/mol. The summed E-state index contributed by atoms with van der Waals surface area (Å²) in [4.78, 5) is 7.57. The SMILES string of the molecule is Nc1cc(C(c2cc(F)ccc2F)S(=O)(=O)c2ccc(Cl)cn2)c(Cl)cn1. The van der Waals surface area contributed by atoms with E-state index in [1.54, 1.807) is 0 Å². The maximum Gasteiger partial charge on any atom is 0.206 e. The molecule has 1 aromatic carbocycles. The molecular formula is C17H11Cl2F2N3O2S. The van der Waals surface area contributed by atoms with E-state index in [0.717, 1.165) is 30.6 Å². The highest BCUT2D eigenvalue weighted by Crippen LogP contribution is 2.39. The Morgan fingerprint density at radius 3 is 2.37 bits per heavy atom. The van der Waals surface area contributed by atoms with E-state index in [2.05, 4.69) is 9.97 Å². The van der Waals surface area contributed by atoms with Crippen LogP contribution in [0.1, 0.15) is 16.4 Å². The first-order valence-corrected chi connectivity index (χ1v) is 9.71. The maximum atomic E-state index is 14.5. The van der Waals surface area contributed by atoms with Crippen LogP contribution in [-0.4, -0.2) is 18.4 Å². The molecule has 0 aliphatic heterocycles. The Morgan fingerprint density at radius 2 is 1.70 bits per heavy atom. The first-order chi connectivity index (χ1) is 12.7. The van der Waals surface area contributed by atoms with Gasteiger partial charge in [-0.25, -0.2) is 27.2 Å². The molecule has 140 valence electrons. The average molecular weight is 430 g/mol. The smallest absolute Gasteiger partial charge is 0.206 e. The molecule has 10 heteroatoms. The zero-order chi connectivity index (χ0) is 19.8. The summed E-state index contributed by atoms with van der Waals surface area (Å²) in [6.45, 7) is 0. The topological polar surface area (TPSA) is 85.9 Å². The minimum atomic E-state index is -4.35. The van der Waals surface area contributed by atoms with Gasteiger partial charge in [0.15, 0.2) is 5.03 Å². The second kappa shape index (κ2) is 7.38. The van der Waals surface area contributed by atoms with E-state index in [1.165, 1.54) is 18.2 Å². The standard InChI is InChI=1S/C17H11Cl2F2N3O2S/c18-9-1-4-16(24-7-9)27(25,26)17(11-6-15(22)23-8-13(11)19)12-5-10(20)2-3-14(12)21/h1-8,17H,(H2,22,23). The molecule has 27 heavy (non-hydrogen) atoms. The summed E-state index contributed by atoms with van der Waals surface area (Å²) < 4.78 is 54.8. The van der Waals surface area contributed by atoms with E-state index in [1.807, 2.05) is 0 Å². The van der Waals surface area contributed by atoms with Crippen LogP contribution in [0.2, 0.25) is 10.0 Å². The van der Waals surface area contributed by atoms with Crippen LogP contribution in [-0.2, 0) is 9.84 Å². The molecule has 0 radical (unpaired) electrons. The average Bonchev–Trinajstić information content (AvgIpc) is 2.61. The number of sulfone groups is 1. The van der Waals surface area contributed by atoms with Crippen molar-refractivity contribution in [3.8, 4) is 0 Å². The molecule has 0 bridgehead atoms. The number of hydrogen-bond acceptors (Lipinski definition) is 5. The molecule has 3 aromatic rings. The minimum Gasteiger partial charge on any atom is -0.384 e. The molecule has 0 aliphatic rings. The van der Waals surface area contributed by atoms with Gasteiger partial charge in [-0.3, -0.25) is 0 Å². The molecule has 0 aliphatic carbocycles. The van der Waals surface area contributed by atoms with E-state index in [9.17, 15) is 17.2 Å². The van der Waals surface area contributed by atoms with Gasteiger partial charge in [-0.05, 0) is 42.0 Å². The summed E-state index contributed by atoms with van der Waals surface area (Å²) in [6, 6.07) is 6.20. The molecule has 3 rings (SSSR count). The largest absolute Gasteiger partial charge is 0.384 e. The van der Waals surface area contributed by atoms with Crippen molar-refractivity contribution in [1.29, 1.82) is 0 Å². The van der Waals surface area contributed by atoms with Crippen molar-refractivity contribution in [3.05, 3.63) is 81.6 Å². The third-order valence-electron chi connectivity index (χ3n) is 3.73. The highest BCUT2D eigenvalue weighted by molar-refractivity contribution is 7.91. The normalized spacial score (nSPS) is 12.7. The van der Waals surface area contributed by atoms with Gasteiger partial charge < -0.3 is 5.73 Å². The molecule has 1 atom stereocenters. The lowest BCUT2D eigenvalue weighted by molar-refractivity contribution is 0.567. The summed E-state index contributed by atoms with van der Waals surface area (Å²) in [5.41, 5.74) is 5.17. The zero-order valence-corrected chi connectivity index (χ0v) is 15.7. The Balaban J connectivity index is 2.32. The molecule has 0 saturated heterocycles. The number of rotatable bonds is 4. The highest BCUT2D eigenvalue weighted by Gasteiger charge is 2.36. The number of halogens is 4. The zero-order valence-electron chi connectivity index (χ0n) is 13.4. The fourth-order valence-electron chi connectivity index (χ4n) is 2.54. The van der Waals surface area contributed by atoms with Crippen LogP contribution in [0.5, 0.6) is 0 Å². The predicted octanol–water partition coefficient (Wildman–Crippen LogP) is 4.21. The van der Waals surface area contributed by atoms with Gasteiger partial charge in [-0.1, -0.05) is 23.2 Å². The minimum absolute atomic E-state index is 0.0320. The van der Waals surface area contributed by atoms with E-state index in [0.29, 0.717) is 0 Å². The van der Waals surface area contributed by atoms with Crippen molar-refractivity contribution in [2.45, 2.75) is 10.3 Å². The monoisotopic (exact) mass is 429 g/mol. The summed E-state index contributed by atoms with van der Waals surface area (Å²) in [5, 5.41) is -1.93. The number of pyridine rings is 2. The second-order valence-electron chi connectivity index (χ2n) is 5.54. The van der Waals surface area contributed by atoms with Gasteiger partial charge in [0.05, 0.1) is 10.0 Å². The Labute approximate surface area is 163 Å². The van der Waals surface area contributed by atoms with Gasteiger partial charge in [-0.15, -0.1) is 0 Å². The molecule has 2 heterocycles. The van der Waals surface area contributed by atoms with E-state index in [4.69, 9.17) is 28.9 Å². The molecule has 0 saturated carbocycles. The van der Waals surface area contributed by atoms with Crippen LogP contribution >= 0.6 is 23.2 Å².